The van der Waals surface area contributed by atoms with Crippen LogP contribution in [0.25, 0.3) is 0 Å². The number of hydrogen-bond acceptors (Lipinski definition) is 2. The van der Waals surface area contributed by atoms with Gasteiger partial charge in [-0.3, -0.25) is 4.79 Å². The Bertz CT molecular complexity index is 336. The first-order chi connectivity index (χ1) is 7.72. The Hall–Kier alpha value is -1.35. The minimum absolute atomic E-state index is 0.0862. The quantitative estimate of drug-likeness (QED) is 0.709. The summed E-state index contributed by atoms with van der Waals surface area (Å²) in [5.41, 5.74) is 2.63. The summed E-state index contributed by atoms with van der Waals surface area (Å²) in [6.07, 6.45) is 1.56. The van der Waals surface area contributed by atoms with Gasteiger partial charge in [-0.1, -0.05) is 29.8 Å². The third kappa shape index (κ3) is 4.94. The van der Waals surface area contributed by atoms with Gasteiger partial charge in [0.25, 0.3) is 0 Å². The van der Waals surface area contributed by atoms with Crippen LogP contribution in [0.4, 0.5) is 0 Å². The molecule has 16 heavy (non-hydrogen) atoms. The second kappa shape index (κ2) is 7.01. The van der Waals surface area contributed by atoms with E-state index in [1.165, 1.54) is 11.1 Å². The van der Waals surface area contributed by atoms with Crippen LogP contribution in [0.2, 0.25) is 0 Å². The molecule has 2 N–H and O–H groups in total. The molecule has 0 bridgehead atoms. The van der Waals surface area contributed by atoms with Gasteiger partial charge in [-0.05, 0) is 25.5 Å². The minimum atomic E-state index is 0.0862. The Labute approximate surface area is 97.2 Å². The molecule has 1 aromatic rings. The molecule has 0 unspecified atom stereocenters. The van der Waals surface area contributed by atoms with Gasteiger partial charge in [-0.15, -0.1) is 0 Å². The van der Waals surface area contributed by atoms with Crippen molar-refractivity contribution >= 4 is 5.91 Å². The molecule has 0 heterocycles. The Kier molecular flexibility index (Phi) is 5.57. The third-order valence-electron chi connectivity index (χ3n) is 2.48. The van der Waals surface area contributed by atoms with E-state index in [4.69, 9.17) is 0 Å². The first kappa shape index (κ1) is 12.7. The fourth-order valence-corrected chi connectivity index (χ4v) is 1.55. The highest BCUT2D eigenvalue weighted by Gasteiger charge is 1.97. The normalized spacial score (nSPS) is 10.1. The molecular formula is C13H20N2O. The molecule has 0 aliphatic heterocycles. The van der Waals surface area contributed by atoms with E-state index in [1.807, 2.05) is 0 Å². The highest BCUT2D eigenvalue weighted by atomic mass is 16.1. The molecule has 88 valence electrons. The number of rotatable bonds is 6. The molecular weight excluding hydrogens is 200 g/mol. The van der Waals surface area contributed by atoms with Crippen LogP contribution in [0.5, 0.6) is 0 Å². The number of hydrogen-bond donors (Lipinski definition) is 2. The van der Waals surface area contributed by atoms with E-state index in [-0.39, 0.29) is 5.91 Å². The topological polar surface area (TPSA) is 41.1 Å². The van der Waals surface area contributed by atoms with Crippen LogP contribution >= 0.6 is 0 Å². The van der Waals surface area contributed by atoms with Crippen molar-refractivity contribution in [2.24, 2.45) is 0 Å². The van der Waals surface area contributed by atoms with Crippen molar-refractivity contribution in [1.82, 2.24) is 10.6 Å². The highest BCUT2D eigenvalue weighted by molar-refractivity contribution is 5.75. The zero-order valence-corrected chi connectivity index (χ0v) is 10.0. The van der Waals surface area contributed by atoms with Gasteiger partial charge in [-0.2, -0.15) is 0 Å². The lowest BCUT2D eigenvalue weighted by Gasteiger charge is -2.05. The fraction of sp³-hybridized carbons (Fsp3) is 0.462. The predicted octanol–water partition coefficient (Wildman–Crippen LogP) is 1.26. The standard InChI is InChI=1S/C13H20N2O/c1-11-4-3-5-12(10-11)6-8-15-9-7-13(16)14-2/h3-5,10,15H,6-9H2,1-2H3,(H,14,16). The van der Waals surface area contributed by atoms with Gasteiger partial charge in [0.1, 0.15) is 0 Å². The summed E-state index contributed by atoms with van der Waals surface area (Å²) >= 11 is 0. The molecule has 0 aromatic heterocycles. The van der Waals surface area contributed by atoms with Crippen molar-refractivity contribution in [2.45, 2.75) is 19.8 Å². The molecule has 0 saturated carbocycles. The summed E-state index contributed by atoms with van der Waals surface area (Å²) in [7, 11) is 1.66. The van der Waals surface area contributed by atoms with Crippen molar-refractivity contribution in [3.05, 3.63) is 35.4 Å². The largest absolute Gasteiger partial charge is 0.359 e. The van der Waals surface area contributed by atoms with Crippen molar-refractivity contribution in [1.29, 1.82) is 0 Å². The summed E-state index contributed by atoms with van der Waals surface area (Å²) in [5.74, 6) is 0.0862. The highest BCUT2D eigenvalue weighted by Crippen LogP contribution is 2.03. The van der Waals surface area contributed by atoms with E-state index < -0.39 is 0 Å². The fourth-order valence-electron chi connectivity index (χ4n) is 1.55. The molecule has 0 radical (unpaired) electrons. The molecule has 1 amide bonds. The first-order valence-corrected chi connectivity index (χ1v) is 5.69. The molecule has 3 nitrogen and oxygen atoms in total. The van der Waals surface area contributed by atoms with E-state index >= 15 is 0 Å². The lowest BCUT2D eigenvalue weighted by atomic mass is 10.1. The average Bonchev–Trinajstić information content (AvgIpc) is 2.28. The van der Waals surface area contributed by atoms with Gasteiger partial charge in [0, 0.05) is 20.0 Å². The van der Waals surface area contributed by atoms with Crippen LogP contribution in [0.15, 0.2) is 24.3 Å². The van der Waals surface area contributed by atoms with Crippen molar-refractivity contribution in [3.8, 4) is 0 Å². The summed E-state index contributed by atoms with van der Waals surface area (Å²) in [6.45, 7) is 3.76. The molecule has 0 aliphatic rings. The Morgan fingerprint density at radius 2 is 2.12 bits per heavy atom. The third-order valence-corrected chi connectivity index (χ3v) is 2.48. The lowest BCUT2D eigenvalue weighted by Crippen LogP contribution is -2.25. The molecule has 3 heteroatoms. The van der Waals surface area contributed by atoms with E-state index in [2.05, 4.69) is 41.8 Å². The minimum Gasteiger partial charge on any atom is -0.359 e. The number of carbonyl (C=O) groups is 1. The van der Waals surface area contributed by atoms with Gasteiger partial charge < -0.3 is 10.6 Å². The van der Waals surface area contributed by atoms with Crippen LogP contribution in [-0.4, -0.2) is 26.0 Å². The Morgan fingerprint density at radius 3 is 2.81 bits per heavy atom. The van der Waals surface area contributed by atoms with Crippen molar-refractivity contribution in [3.63, 3.8) is 0 Å². The summed E-state index contributed by atoms with van der Waals surface area (Å²) < 4.78 is 0. The molecule has 0 saturated heterocycles. The summed E-state index contributed by atoms with van der Waals surface area (Å²) in [5, 5.41) is 5.86. The van der Waals surface area contributed by atoms with Gasteiger partial charge >= 0.3 is 0 Å². The monoisotopic (exact) mass is 220 g/mol. The maximum atomic E-state index is 10.9. The molecule has 0 atom stereocenters. The summed E-state index contributed by atoms with van der Waals surface area (Å²) in [6, 6.07) is 8.51. The van der Waals surface area contributed by atoms with Gasteiger partial charge in [0.15, 0.2) is 0 Å². The van der Waals surface area contributed by atoms with Crippen LogP contribution in [-0.2, 0) is 11.2 Å². The van der Waals surface area contributed by atoms with Crippen molar-refractivity contribution in [2.75, 3.05) is 20.1 Å². The number of aryl methyl sites for hydroxylation is 1. The van der Waals surface area contributed by atoms with Crippen LogP contribution in [0, 0.1) is 6.92 Å². The van der Waals surface area contributed by atoms with E-state index in [0.717, 1.165) is 19.5 Å². The molecule has 0 fully saturated rings. The first-order valence-electron chi connectivity index (χ1n) is 5.69. The smallest absolute Gasteiger partial charge is 0.221 e. The van der Waals surface area contributed by atoms with Crippen LogP contribution in [0.3, 0.4) is 0 Å². The van der Waals surface area contributed by atoms with Gasteiger partial charge in [0.2, 0.25) is 5.91 Å². The zero-order chi connectivity index (χ0) is 11.8. The van der Waals surface area contributed by atoms with Gasteiger partial charge in [-0.25, -0.2) is 0 Å². The van der Waals surface area contributed by atoms with E-state index in [1.54, 1.807) is 7.05 Å². The number of nitrogens with one attached hydrogen (secondary N) is 2. The van der Waals surface area contributed by atoms with E-state index in [9.17, 15) is 4.79 Å². The van der Waals surface area contributed by atoms with Crippen LogP contribution < -0.4 is 10.6 Å². The van der Waals surface area contributed by atoms with Gasteiger partial charge in [0.05, 0.1) is 0 Å². The number of benzene rings is 1. The maximum absolute atomic E-state index is 10.9. The number of carbonyl (C=O) groups excluding carboxylic acids is 1. The maximum Gasteiger partial charge on any atom is 0.221 e. The Balaban J connectivity index is 2.14. The predicted molar refractivity (Wildman–Crippen MR) is 66.4 cm³/mol. The molecule has 1 rings (SSSR count). The molecule has 1 aromatic carbocycles. The molecule has 0 spiro atoms. The molecule has 0 aliphatic carbocycles. The van der Waals surface area contributed by atoms with Crippen molar-refractivity contribution < 1.29 is 4.79 Å². The average molecular weight is 220 g/mol. The lowest BCUT2D eigenvalue weighted by molar-refractivity contribution is -0.120. The Morgan fingerprint density at radius 1 is 1.31 bits per heavy atom. The number of amides is 1. The second-order valence-electron chi connectivity index (χ2n) is 3.91. The summed E-state index contributed by atoms with van der Waals surface area (Å²) in [4.78, 5) is 10.9. The van der Waals surface area contributed by atoms with Crippen LogP contribution in [0.1, 0.15) is 17.5 Å². The zero-order valence-electron chi connectivity index (χ0n) is 10.0. The SMILES string of the molecule is CNC(=O)CCNCCc1cccc(C)c1. The second-order valence-corrected chi connectivity index (χ2v) is 3.91. The van der Waals surface area contributed by atoms with E-state index in [0.29, 0.717) is 6.42 Å².